The fourth-order valence-electron chi connectivity index (χ4n) is 3.86. The van der Waals surface area contributed by atoms with E-state index in [0.29, 0.717) is 24.5 Å². The lowest BCUT2D eigenvalue weighted by atomic mass is 10.0. The maximum atomic E-state index is 10.9. The Hall–Kier alpha value is -2.02. The summed E-state index contributed by atoms with van der Waals surface area (Å²) in [4.78, 5) is 17.5. The number of likely N-dealkylation sites (tertiary alicyclic amines) is 1. The van der Waals surface area contributed by atoms with Crippen LogP contribution in [0, 0.1) is 6.92 Å². The highest BCUT2D eigenvalue weighted by Gasteiger charge is 2.37. The number of benzene rings is 1. The molecule has 0 aliphatic carbocycles. The van der Waals surface area contributed by atoms with E-state index in [-0.39, 0.29) is 6.04 Å². The number of nitrogens with one attached hydrogen (secondary N) is 1. The Morgan fingerprint density at radius 2 is 2.13 bits per heavy atom. The van der Waals surface area contributed by atoms with Gasteiger partial charge in [-0.1, -0.05) is 42.3 Å². The molecular formula is C22H27Cl2N3O3. The third kappa shape index (κ3) is 5.56. The van der Waals surface area contributed by atoms with Crippen molar-refractivity contribution < 1.29 is 14.6 Å². The van der Waals surface area contributed by atoms with Crippen molar-refractivity contribution in [3.63, 3.8) is 0 Å². The molecule has 3 rings (SSSR count). The predicted octanol–water partition coefficient (Wildman–Crippen LogP) is 5.92. The van der Waals surface area contributed by atoms with Crippen LogP contribution in [-0.4, -0.2) is 39.8 Å². The first-order chi connectivity index (χ1) is 14.2. The summed E-state index contributed by atoms with van der Waals surface area (Å²) < 4.78 is 5.06. The van der Waals surface area contributed by atoms with E-state index in [0.717, 1.165) is 40.5 Å². The Labute approximate surface area is 187 Å². The highest BCUT2D eigenvalue weighted by molar-refractivity contribution is 6.31. The topological polar surface area (TPSA) is 74.7 Å². The smallest absolute Gasteiger partial charge is 0.450 e. The summed E-state index contributed by atoms with van der Waals surface area (Å²) in [7, 11) is 0. The molecule has 8 heteroatoms. The number of rotatable bonds is 7. The lowest BCUT2D eigenvalue weighted by Crippen LogP contribution is -2.34. The van der Waals surface area contributed by atoms with Crippen molar-refractivity contribution in [2.45, 2.75) is 51.8 Å². The van der Waals surface area contributed by atoms with E-state index in [2.05, 4.69) is 28.2 Å². The number of aryl methyl sites for hydroxylation is 1. The van der Waals surface area contributed by atoms with Crippen LogP contribution in [0.4, 0.5) is 10.6 Å². The molecule has 2 aromatic rings. The van der Waals surface area contributed by atoms with Gasteiger partial charge in [0, 0.05) is 37.3 Å². The molecule has 162 valence electrons. The summed E-state index contributed by atoms with van der Waals surface area (Å²) in [6, 6.07) is 8.10. The van der Waals surface area contributed by atoms with Gasteiger partial charge in [0.1, 0.15) is 11.4 Å². The fraction of sp³-hybridized carbons (Fsp3) is 0.455. The number of ether oxygens (including phenoxy) is 1. The van der Waals surface area contributed by atoms with Crippen LogP contribution < -0.4 is 5.32 Å². The Morgan fingerprint density at radius 3 is 2.80 bits per heavy atom. The quantitative estimate of drug-likeness (QED) is 0.508. The number of nitrogens with zero attached hydrogens (tertiary/aromatic N) is 2. The highest BCUT2D eigenvalue weighted by Crippen LogP contribution is 2.30. The van der Waals surface area contributed by atoms with Crippen LogP contribution in [0.2, 0.25) is 10.0 Å². The SMILES string of the molecule is CC[C@@H](Nc1cc(CN2CCC(C)(OC(=O)O)C2)c(Cl)cn1)c1ccc(Cl)c(C)c1. The maximum absolute atomic E-state index is 10.9. The van der Waals surface area contributed by atoms with Gasteiger partial charge in [-0.15, -0.1) is 0 Å². The third-order valence-corrected chi connectivity index (χ3v) is 6.26. The van der Waals surface area contributed by atoms with Gasteiger partial charge in [-0.2, -0.15) is 0 Å². The van der Waals surface area contributed by atoms with Gasteiger partial charge in [0.25, 0.3) is 0 Å². The lowest BCUT2D eigenvalue weighted by Gasteiger charge is -2.24. The molecule has 2 atom stereocenters. The summed E-state index contributed by atoms with van der Waals surface area (Å²) in [6.45, 7) is 7.81. The molecule has 0 saturated carbocycles. The molecule has 0 radical (unpaired) electrons. The van der Waals surface area contributed by atoms with Gasteiger partial charge in [0.05, 0.1) is 11.1 Å². The van der Waals surface area contributed by atoms with Crippen LogP contribution in [0.5, 0.6) is 0 Å². The van der Waals surface area contributed by atoms with Crippen LogP contribution in [0.1, 0.15) is 49.4 Å². The van der Waals surface area contributed by atoms with E-state index < -0.39 is 11.8 Å². The second-order valence-electron chi connectivity index (χ2n) is 8.05. The maximum Gasteiger partial charge on any atom is 0.506 e. The van der Waals surface area contributed by atoms with Crippen LogP contribution in [0.15, 0.2) is 30.5 Å². The standard InChI is InChI=1S/C22H27Cl2N3O3/c1-4-19(15-5-6-17(23)14(2)9-15)26-20-10-16(18(24)11-25-20)12-27-8-7-22(3,13-27)30-21(28)29/h5-6,9-11,19H,4,7-8,12-13H2,1-3H3,(H,25,26)(H,28,29)/t19-,22?/m1/s1. The number of hydrogen-bond acceptors (Lipinski definition) is 5. The van der Waals surface area contributed by atoms with E-state index in [9.17, 15) is 4.79 Å². The monoisotopic (exact) mass is 451 g/mol. The number of carboxylic acid groups (broad SMARTS) is 1. The molecule has 1 aromatic carbocycles. The van der Waals surface area contributed by atoms with Crippen molar-refractivity contribution in [1.29, 1.82) is 0 Å². The van der Waals surface area contributed by atoms with Crippen molar-refractivity contribution in [1.82, 2.24) is 9.88 Å². The number of hydrogen-bond donors (Lipinski definition) is 2. The molecule has 0 bridgehead atoms. The largest absolute Gasteiger partial charge is 0.506 e. The Balaban J connectivity index is 1.72. The minimum absolute atomic E-state index is 0.0986. The molecule has 0 amide bonds. The summed E-state index contributed by atoms with van der Waals surface area (Å²) >= 11 is 12.6. The number of pyridine rings is 1. The second-order valence-corrected chi connectivity index (χ2v) is 8.87. The zero-order valence-electron chi connectivity index (χ0n) is 17.4. The molecule has 2 N–H and O–H groups in total. The molecule has 1 unspecified atom stereocenters. The van der Waals surface area contributed by atoms with E-state index in [1.807, 2.05) is 32.0 Å². The molecule has 0 spiro atoms. The first-order valence-corrected chi connectivity index (χ1v) is 10.8. The van der Waals surface area contributed by atoms with Gasteiger partial charge in [-0.3, -0.25) is 4.90 Å². The van der Waals surface area contributed by atoms with Crippen molar-refractivity contribution in [3.8, 4) is 0 Å². The zero-order chi connectivity index (χ0) is 21.9. The molecule has 1 fully saturated rings. The summed E-state index contributed by atoms with van der Waals surface area (Å²) in [5, 5.41) is 13.8. The number of aromatic nitrogens is 1. The van der Waals surface area contributed by atoms with Crippen LogP contribution in [0.25, 0.3) is 0 Å². The van der Waals surface area contributed by atoms with Crippen LogP contribution in [-0.2, 0) is 11.3 Å². The molecule has 1 saturated heterocycles. The fourth-order valence-corrected chi connectivity index (χ4v) is 4.14. The van der Waals surface area contributed by atoms with Gasteiger partial charge in [0.2, 0.25) is 0 Å². The predicted molar refractivity (Wildman–Crippen MR) is 119 cm³/mol. The highest BCUT2D eigenvalue weighted by atomic mass is 35.5. The average Bonchev–Trinajstić information content (AvgIpc) is 3.04. The van der Waals surface area contributed by atoms with Crippen molar-refractivity contribution >= 4 is 35.2 Å². The van der Waals surface area contributed by atoms with Crippen molar-refractivity contribution in [3.05, 3.63) is 57.2 Å². The van der Waals surface area contributed by atoms with Crippen LogP contribution >= 0.6 is 23.2 Å². The molecule has 6 nitrogen and oxygen atoms in total. The van der Waals surface area contributed by atoms with E-state index in [4.69, 9.17) is 33.0 Å². The van der Waals surface area contributed by atoms with E-state index in [1.54, 1.807) is 6.20 Å². The molecule has 1 aliphatic rings. The summed E-state index contributed by atoms with van der Waals surface area (Å²) in [6.07, 6.45) is 1.96. The number of carbonyl (C=O) groups is 1. The van der Waals surface area contributed by atoms with E-state index >= 15 is 0 Å². The van der Waals surface area contributed by atoms with Gasteiger partial charge < -0.3 is 15.2 Å². The Kier molecular flexibility index (Phi) is 7.11. The van der Waals surface area contributed by atoms with Crippen molar-refractivity contribution in [2.24, 2.45) is 0 Å². The summed E-state index contributed by atoms with van der Waals surface area (Å²) in [5.41, 5.74) is 2.45. The van der Waals surface area contributed by atoms with Crippen molar-refractivity contribution in [2.75, 3.05) is 18.4 Å². The minimum atomic E-state index is -1.24. The lowest BCUT2D eigenvalue weighted by molar-refractivity contribution is -0.00157. The van der Waals surface area contributed by atoms with Crippen LogP contribution in [0.3, 0.4) is 0 Å². The summed E-state index contributed by atoms with van der Waals surface area (Å²) in [5.74, 6) is 0.748. The number of halogens is 2. The average molecular weight is 452 g/mol. The van der Waals surface area contributed by atoms with Gasteiger partial charge in [0.15, 0.2) is 0 Å². The first kappa shape index (κ1) is 22.7. The third-order valence-electron chi connectivity index (χ3n) is 5.49. The van der Waals surface area contributed by atoms with Gasteiger partial charge >= 0.3 is 6.16 Å². The first-order valence-electron chi connectivity index (χ1n) is 10.0. The second kappa shape index (κ2) is 9.41. The minimum Gasteiger partial charge on any atom is -0.450 e. The molecule has 2 heterocycles. The molecule has 1 aromatic heterocycles. The molecule has 30 heavy (non-hydrogen) atoms. The van der Waals surface area contributed by atoms with Gasteiger partial charge in [-0.05, 0) is 49.1 Å². The normalized spacial score (nSPS) is 20.2. The number of anilines is 1. The molecular weight excluding hydrogens is 425 g/mol. The Morgan fingerprint density at radius 1 is 1.37 bits per heavy atom. The van der Waals surface area contributed by atoms with E-state index in [1.165, 1.54) is 0 Å². The Bertz CT molecular complexity index is 924. The molecule has 1 aliphatic heterocycles. The zero-order valence-corrected chi connectivity index (χ0v) is 18.9. The van der Waals surface area contributed by atoms with Gasteiger partial charge in [-0.25, -0.2) is 9.78 Å².